The topological polar surface area (TPSA) is 62.7 Å². The van der Waals surface area contributed by atoms with Gasteiger partial charge in [0.15, 0.2) is 0 Å². The number of hydrazine groups is 1. The number of alkyl halides is 3. The van der Waals surface area contributed by atoms with E-state index in [2.05, 4.69) is 15.8 Å². The van der Waals surface area contributed by atoms with Crippen LogP contribution in [-0.4, -0.2) is 24.5 Å². The van der Waals surface area contributed by atoms with Crippen molar-refractivity contribution in [1.82, 2.24) is 5.43 Å². The van der Waals surface area contributed by atoms with Gasteiger partial charge in [-0.1, -0.05) is 18.5 Å². The molecule has 0 fully saturated rings. The molecule has 2 N–H and O–H groups in total. The third kappa shape index (κ3) is 5.92. The Morgan fingerprint density at radius 1 is 1.38 bits per heavy atom. The molecule has 0 aliphatic rings. The fourth-order valence-electron chi connectivity index (χ4n) is 1.57. The van der Waals surface area contributed by atoms with Crippen LogP contribution >= 0.6 is 11.6 Å². The summed E-state index contributed by atoms with van der Waals surface area (Å²) < 4.78 is 43.1. The molecule has 0 bridgehead atoms. The summed E-state index contributed by atoms with van der Waals surface area (Å²) in [5, 5.41) is 0.0576. The van der Waals surface area contributed by atoms with Crippen LogP contribution in [0.4, 0.5) is 18.9 Å². The Labute approximate surface area is 143 Å². The largest absolute Gasteiger partial charge is 0.460 e. The van der Waals surface area contributed by atoms with Crippen LogP contribution in [0.25, 0.3) is 0 Å². The molecule has 0 saturated carbocycles. The average molecular weight is 366 g/mol. The number of amidine groups is 1. The summed E-state index contributed by atoms with van der Waals surface area (Å²) >= 11 is 5.88. The number of benzene rings is 1. The first-order valence-electron chi connectivity index (χ1n) is 7.32. The average Bonchev–Trinajstić information content (AvgIpc) is 2.51. The molecule has 1 atom stereocenters. The lowest BCUT2D eigenvalue weighted by molar-refractivity contribution is -0.137. The minimum Gasteiger partial charge on any atom is -0.460 e. The maximum Gasteiger partial charge on any atom is 0.416 e. The fraction of sp³-hybridized carbons (Fsp3) is 0.467. The van der Waals surface area contributed by atoms with Crippen molar-refractivity contribution in [1.29, 1.82) is 0 Å². The molecule has 0 aromatic heterocycles. The maximum atomic E-state index is 12.8. The molecule has 0 radical (unpaired) electrons. The van der Waals surface area contributed by atoms with E-state index in [0.717, 1.165) is 18.2 Å². The quantitative estimate of drug-likeness (QED) is 0.358. The molecular formula is C15H19ClF3N3O2. The van der Waals surface area contributed by atoms with Gasteiger partial charge in [-0.25, -0.2) is 4.79 Å². The van der Waals surface area contributed by atoms with Gasteiger partial charge in [0.2, 0.25) is 5.84 Å². The SMILES string of the molecule is CCOC(=O)C(=NC(C)CC)NNc1cc(C(F)(F)F)ccc1Cl. The number of ether oxygens (including phenoxy) is 1. The van der Waals surface area contributed by atoms with Crippen LogP contribution in [0.1, 0.15) is 32.8 Å². The number of aliphatic imine (C=N–C) groups is 1. The van der Waals surface area contributed by atoms with Gasteiger partial charge in [-0.15, -0.1) is 0 Å². The highest BCUT2D eigenvalue weighted by molar-refractivity contribution is 6.36. The smallest absolute Gasteiger partial charge is 0.416 e. The van der Waals surface area contributed by atoms with Crippen LogP contribution in [0.2, 0.25) is 5.02 Å². The van der Waals surface area contributed by atoms with Crippen LogP contribution in [0.5, 0.6) is 0 Å². The van der Waals surface area contributed by atoms with Crippen LogP contribution < -0.4 is 10.9 Å². The zero-order chi connectivity index (χ0) is 18.3. The maximum absolute atomic E-state index is 12.8. The summed E-state index contributed by atoms with van der Waals surface area (Å²) in [7, 11) is 0. The van der Waals surface area contributed by atoms with E-state index in [1.165, 1.54) is 0 Å². The zero-order valence-electron chi connectivity index (χ0n) is 13.5. The van der Waals surface area contributed by atoms with Crippen molar-refractivity contribution < 1.29 is 22.7 Å². The molecule has 5 nitrogen and oxygen atoms in total. The number of nitrogens with one attached hydrogen (secondary N) is 2. The summed E-state index contributed by atoms with van der Waals surface area (Å²) in [6, 6.07) is 2.65. The van der Waals surface area contributed by atoms with Crippen molar-refractivity contribution in [2.24, 2.45) is 4.99 Å². The van der Waals surface area contributed by atoms with Crippen molar-refractivity contribution in [3.8, 4) is 0 Å². The van der Waals surface area contributed by atoms with Gasteiger partial charge < -0.3 is 4.74 Å². The Morgan fingerprint density at radius 2 is 2.04 bits per heavy atom. The number of halogens is 4. The predicted octanol–water partition coefficient (Wildman–Crippen LogP) is 4.04. The van der Waals surface area contributed by atoms with Gasteiger partial charge in [-0.05, 0) is 38.5 Å². The standard InChI is InChI=1S/C15H19ClF3N3O2/c1-4-9(3)20-13(14(23)24-5-2)22-21-12-8-10(15(17,18)19)6-7-11(12)16/h6-9,21H,4-5H2,1-3H3,(H,20,22). The number of hydrogen-bond acceptors (Lipinski definition) is 4. The zero-order valence-corrected chi connectivity index (χ0v) is 14.3. The second-order valence-electron chi connectivity index (χ2n) is 4.90. The molecule has 24 heavy (non-hydrogen) atoms. The molecule has 134 valence electrons. The van der Waals surface area contributed by atoms with Gasteiger partial charge in [0.25, 0.3) is 0 Å². The number of rotatable bonds is 5. The van der Waals surface area contributed by atoms with E-state index in [4.69, 9.17) is 16.3 Å². The number of carbonyl (C=O) groups excluding carboxylic acids is 1. The number of esters is 1. The molecule has 0 heterocycles. The Morgan fingerprint density at radius 3 is 2.58 bits per heavy atom. The van der Waals surface area contributed by atoms with Gasteiger partial charge in [-0.3, -0.25) is 15.8 Å². The van der Waals surface area contributed by atoms with Gasteiger partial charge in [0.05, 0.1) is 22.9 Å². The highest BCUT2D eigenvalue weighted by Gasteiger charge is 2.31. The van der Waals surface area contributed by atoms with Gasteiger partial charge in [0.1, 0.15) is 0 Å². The number of hydrogen-bond donors (Lipinski definition) is 2. The lowest BCUT2D eigenvalue weighted by Crippen LogP contribution is -2.38. The molecule has 9 heteroatoms. The Bertz CT molecular complexity index is 606. The van der Waals surface area contributed by atoms with Crippen LogP contribution in [0.15, 0.2) is 23.2 Å². The second-order valence-corrected chi connectivity index (χ2v) is 5.31. The number of nitrogens with zero attached hydrogens (tertiary/aromatic N) is 1. The first-order valence-corrected chi connectivity index (χ1v) is 7.70. The van der Waals surface area contributed by atoms with Crippen molar-refractivity contribution >= 4 is 29.1 Å². The van der Waals surface area contributed by atoms with Crippen LogP contribution in [0, 0.1) is 0 Å². The summed E-state index contributed by atoms with van der Waals surface area (Å²) in [5.41, 5.74) is 4.06. The number of carbonyl (C=O) groups is 1. The van der Waals surface area contributed by atoms with E-state index < -0.39 is 17.7 Å². The van der Waals surface area contributed by atoms with E-state index in [-0.39, 0.29) is 29.2 Å². The lowest BCUT2D eigenvalue weighted by Gasteiger charge is -2.15. The summed E-state index contributed by atoms with van der Waals surface area (Å²) in [6.45, 7) is 5.45. The fourth-order valence-corrected chi connectivity index (χ4v) is 1.74. The minimum atomic E-state index is -4.50. The summed E-state index contributed by atoms with van der Waals surface area (Å²) in [4.78, 5) is 16.0. The van der Waals surface area contributed by atoms with Gasteiger partial charge in [-0.2, -0.15) is 13.2 Å². The molecule has 0 amide bonds. The predicted molar refractivity (Wildman–Crippen MR) is 87.0 cm³/mol. The van der Waals surface area contributed by atoms with E-state index in [9.17, 15) is 18.0 Å². The van der Waals surface area contributed by atoms with E-state index >= 15 is 0 Å². The van der Waals surface area contributed by atoms with E-state index in [1.54, 1.807) is 13.8 Å². The first-order chi connectivity index (χ1) is 11.2. The molecule has 0 aliphatic carbocycles. The molecule has 1 aromatic carbocycles. The normalized spacial score (nSPS) is 13.4. The molecule has 1 aromatic rings. The lowest BCUT2D eigenvalue weighted by atomic mass is 10.2. The molecule has 0 saturated heterocycles. The molecule has 0 aliphatic heterocycles. The summed E-state index contributed by atoms with van der Waals surface area (Å²) in [6.07, 6.45) is -3.83. The van der Waals surface area contributed by atoms with Crippen molar-refractivity contribution in [2.75, 3.05) is 12.0 Å². The molecule has 1 rings (SSSR count). The molecule has 1 unspecified atom stereocenters. The van der Waals surface area contributed by atoms with Gasteiger partial charge in [0, 0.05) is 6.04 Å². The first kappa shape index (κ1) is 20.1. The van der Waals surface area contributed by atoms with Crippen molar-refractivity contribution in [2.45, 2.75) is 39.4 Å². The van der Waals surface area contributed by atoms with Crippen molar-refractivity contribution in [3.63, 3.8) is 0 Å². The molecule has 0 spiro atoms. The Hall–Kier alpha value is -1.96. The summed E-state index contributed by atoms with van der Waals surface area (Å²) in [5.74, 6) is -0.854. The van der Waals surface area contributed by atoms with Crippen LogP contribution in [0.3, 0.4) is 0 Å². The highest BCUT2D eigenvalue weighted by Crippen LogP contribution is 2.33. The monoisotopic (exact) mass is 365 g/mol. The van der Waals surface area contributed by atoms with E-state index in [1.807, 2.05) is 6.92 Å². The van der Waals surface area contributed by atoms with E-state index in [0.29, 0.717) is 6.42 Å². The highest BCUT2D eigenvalue weighted by atomic mass is 35.5. The van der Waals surface area contributed by atoms with Crippen molar-refractivity contribution in [3.05, 3.63) is 28.8 Å². The third-order valence-corrected chi connectivity index (χ3v) is 3.35. The third-order valence-electron chi connectivity index (χ3n) is 3.02. The minimum absolute atomic E-state index is 0.0346. The second kappa shape index (κ2) is 8.77. The van der Waals surface area contributed by atoms with Gasteiger partial charge >= 0.3 is 12.1 Å². The number of anilines is 1. The Kier molecular flexibility index (Phi) is 7.34. The Balaban J connectivity index is 2.98. The molecular weight excluding hydrogens is 347 g/mol. The van der Waals surface area contributed by atoms with Crippen LogP contribution in [-0.2, 0) is 15.7 Å².